The number of alkyl halides is 1. The molecule has 0 spiro atoms. The van der Waals surface area contributed by atoms with Crippen molar-refractivity contribution in [3.8, 4) is 0 Å². The monoisotopic (exact) mass is 428 g/mol. The first-order chi connectivity index (χ1) is 7.33. The molecule has 0 heterocycles. The zero-order valence-electron chi connectivity index (χ0n) is 12.9. The quantitative estimate of drug-likeness (QED) is 0.158. The van der Waals surface area contributed by atoms with E-state index in [2.05, 4.69) is 6.92 Å². The van der Waals surface area contributed by atoms with Crippen LogP contribution >= 0.6 is 11.6 Å². The predicted octanol–water partition coefficient (Wildman–Crippen LogP) is -7.61. The summed E-state index contributed by atoms with van der Waals surface area (Å²) in [6.07, 6.45) is 8.02. The molecule has 9 heteroatoms. The van der Waals surface area contributed by atoms with Crippen LogP contribution in [0.1, 0.15) is 58.8 Å². The largest absolute Gasteiger partial charge is 2.00 e. The fourth-order valence-electron chi connectivity index (χ4n) is 1.01. The van der Waals surface area contributed by atoms with Gasteiger partial charge in [-0.05, 0) is 6.42 Å². The third-order valence-electron chi connectivity index (χ3n) is 1.92. The third-order valence-corrected chi connectivity index (χ3v) is 2.19. The van der Waals surface area contributed by atoms with Gasteiger partial charge in [-0.3, -0.25) is 0 Å². The van der Waals surface area contributed by atoms with E-state index in [0.717, 1.165) is 57.2 Å². The summed E-state index contributed by atoms with van der Waals surface area (Å²) in [6.45, 7) is 3.81. The first-order valence-electron chi connectivity index (χ1n) is 5.84. The Bertz CT molecular complexity index is 101. The van der Waals surface area contributed by atoms with Crippen molar-refractivity contribution < 1.29 is 47.4 Å². The fraction of sp³-hybridized carbons (Fsp3) is 0.923. The Balaban J connectivity index is -0.0000000167. The van der Waals surface area contributed by atoms with Gasteiger partial charge in [0.15, 0.2) is 0 Å². The van der Waals surface area contributed by atoms with Gasteiger partial charge < -0.3 is 54.4 Å². The van der Waals surface area contributed by atoms with Crippen LogP contribution in [0.5, 0.6) is 0 Å². The average molecular weight is 431 g/mol. The maximum atomic E-state index is 9.86. The van der Waals surface area contributed by atoms with Gasteiger partial charge in [0.1, 0.15) is 0 Å². The van der Waals surface area contributed by atoms with Crippen molar-refractivity contribution in [2.45, 2.75) is 58.8 Å². The van der Waals surface area contributed by atoms with E-state index in [1.807, 2.05) is 0 Å². The first-order valence-corrected chi connectivity index (χ1v) is 6.38. The molecule has 0 unspecified atom stereocenters. The second-order valence-electron chi connectivity index (χ2n) is 3.43. The molecule has 0 saturated carbocycles. The van der Waals surface area contributed by atoms with Crippen LogP contribution in [0.25, 0.3) is 0 Å². The van der Waals surface area contributed by atoms with Crippen LogP contribution in [0, 0.1) is 6.92 Å². The Morgan fingerprint density at radius 2 is 0.955 bits per heavy atom. The Labute approximate surface area is 210 Å². The zero-order valence-corrected chi connectivity index (χ0v) is 20.2. The number of hydrogen-bond acceptors (Lipinski definition) is 2. The molecule has 0 amide bonds. The van der Waals surface area contributed by atoms with E-state index in [1.165, 1.54) is 0 Å². The normalized spacial score (nSPS) is 6.55. The summed E-state index contributed by atoms with van der Waals surface area (Å²) >= 11 is 5.40. The van der Waals surface area contributed by atoms with Gasteiger partial charge in [0.25, 0.3) is 0 Å². The summed E-state index contributed by atoms with van der Waals surface area (Å²) in [5, 5.41) is 19.6. The van der Waals surface area contributed by atoms with E-state index in [1.54, 1.807) is 0 Å². The SMILES string of the molecule is C.[CH2-]CCCCC[O-].[Cl-].[Cl-].[Cl-].[Mg+2].[Mg+2].[Mg+2].[O-]CCCCCCCl. The molecule has 0 bridgehead atoms. The van der Waals surface area contributed by atoms with Crippen molar-refractivity contribution in [2.24, 2.45) is 0 Å². The van der Waals surface area contributed by atoms with E-state index in [4.69, 9.17) is 11.6 Å². The first kappa shape index (κ1) is 56.2. The van der Waals surface area contributed by atoms with Gasteiger partial charge in [-0.1, -0.05) is 46.0 Å². The smallest absolute Gasteiger partial charge is 1.00 e. The number of hydrogen-bond donors (Lipinski definition) is 0. The van der Waals surface area contributed by atoms with E-state index in [0.29, 0.717) is 0 Å². The summed E-state index contributed by atoms with van der Waals surface area (Å²) in [6, 6.07) is 0. The molecular formula is C13H28Cl4Mg3O2. The minimum Gasteiger partial charge on any atom is -1.00 e. The minimum absolute atomic E-state index is 0. The molecule has 0 saturated heterocycles. The van der Waals surface area contributed by atoms with Crippen molar-refractivity contribution in [2.75, 3.05) is 19.1 Å². The average Bonchev–Trinajstić information content (AvgIpc) is 2.26. The predicted molar refractivity (Wildman–Crippen MR) is 86.7 cm³/mol. The van der Waals surface area contributed by atoms with Crippen LogP contribution in [-0.4, -0.2) is 88.3 Å². The molecule has 0 aromatic rings. The summed E-state index contributed by atoms with van der Waals surface area (Å²) in [5.74, 6) is 0.735. The maximum Gasteiger partial charge on any atom is 2.00 e. The van der Waals surface area contributed by atoms with Crippen molar-refractivity contribution in [1.82, 2.24) is 0 Å². The van der Waals surface area contributed by atoms with E-state index in [-0.39, 0.29) is 127 Å². The van der Waals surface area contributed by atoms with Crippen LogP contribution in [0.3, 0.4) is 0 Å². The number of rotatable bonds is 9. The summed E-state index contributed by atoms with van der Waals surface area (Å²) in [5.41, 5.74) is 0. The van der Waals surface area contributed by atoms with Crippen molar-refractivity contribution >= 4 is 80.8 Å². The maximum absolute atomic E-state index is 9.86. The summed E-state index contributed by atoms with van der Waals surface area (Å²) < 4.78 is 0. The van der Waals surface area contributed by atoms with Crippen molar-refractivity contribution in [3.63, 3.8) is 0 Å². The molecule has 0 fully saturated rings. The van der Waals surface area contributed by atoms with Crippen molar-refractivity contribution in [3.05, 3.63) is 6.92 Å². The molecule has 0 aliphatic carbocycles. The number of unbranched alkanes of at least 4 members (excludes halogenated alkanes) is 6. The van der Waals surface area contributed by atoms with E-state index < -0.39 is 0 Å². The van der Waals surface area contributed by atoms with Gasteiger partial charge in [-0.2, -0.15) is 6.42 Å². The Morgan fingerprint density at radius 1 is 0.636 bits per heavy atom. The van der Waals surface area contributed by atoms with Gasteiger partial charge in [-0.15, -0.1) is 24.8 Å². The summed E-state index contributed by atoms with van der Waals surface area (Å²) in [7, 11) is 0. The Kier molecular flexibility index (Phi) is 165. The van der Waals surface area contributed by atoms with Gasteiger partial charge in [-0.25, -0.2) is 0 Å². The molecule has 0 radical (unpaired) electrons. The van der Waals surface area contributed by atoms with Crippen LogP contribution in [0.4, 0.5) is 0 Å². The standard InChI is InChI=1S/C6H12ClO.C6H12O.CH4.3ClH.3Mg/c7-5-3-1-2-4-6-8;1-2-3-4-5-6-7;;;;;;;/h1-6H2;1-6H2;1H4;3*1H;;;/q-1;-2;;;;;3*+2/p-3. The molecule has 22 heavy (non-hydrogen) atoms. The van der Waals surface area contributed by atoms with Crippen LogP contribution in [0.2, 0.25) is 0 Å². The molecule has 126 valence electrons. The molecule has 0 atom stereocenters. The topological polar surface area (TPSA) is 46.1 Å². The molecule has 0 aliphatic heterocycles. The molecule has 0 aromatic carbocycles. The number of halogens is 4. The third kappa shape index (κ3) is 76.4. The molecule has 0 aromatic heterocycles. The van der Waals surface area contributed by atoms with Gasteiger partial charge in [0.05, 0.1) is 0 Å². The van der Waals surface area contributed by atoms with Gasteiger partial charge in [0, 0.05) is 5.88 Å². The second kappa shape index (κ2) is 64.4. The Hall–Kier alpha value is 3.38. The second-order valence-corrected chi connectivity index (χ2v) is 3.80. The van der Waals surface area contributed by atoms with E-state index >= 15 is 0 Å². The van der Waals surface area contributed by atoms with Gasteiger partial charge in [0.2, 0.25) is 0 Å². The van der Waals surface area contributed by atoms with Crippen molar-refractivity contribution in [1.29, 1.82) is 0 Å². The van der Waals surface area contributed by atoms with Gasteiger partial charge >= 0.3 is 69.2 Å². The van der Waals surface area contributed by atoms with E-state index in [9.17, 15) is 10.2 Å². The molecule has 0 rings (SSSR count). The molecule has 0 N–H and O–H groups in total. The summed E-state index contributed by atoms with van der Waals surface area (Å²) in [4.78, 5) is 0. The molecule has 2 nitrogen and oxygen atoms in total. The van der Waals surface area contributed by atoms with Crippen LogP contribution < -0.4 is 47.4 Å². The molecular weight excluding hydrogens is 403 g/mol. The van der Waals surface area contributed by atoms with Crippen LogP contribution in [-0.2, 0) is 0 Å². The molecule has 0 aliphatic rings. The van der Waals surface area contributed by atoms with Crippen LogP contribution in [0.15, 0.2) is 0 Å². The Morgan fingerprint density at radius 3 is 1.23 bits per heavy atom. The zero-order chi connectivity index (χ0) is 11.8. The fourth-order valence-corrected chi connectivity index (χ4v) is 1.19. The minimum atomic E-state index is 0.